The molecule has 6 aromatic rings. The summed E-state index contributed by atoms with van der Waals surface area (Å²) >= 11 is 3.45. The van der Waals surface area contributed by atoms with Crippen LogP contribution in [0.2, 0.25) is 13.1 Å². The van der Waals surface area contributed by atoms with Gasteiger partial charge >= 0.3 is 54.6 Å². The van der Waals surface area contributed by atoms with E-state index in [1.807, 2.05) is 0 Å². The maximum absolute atomic E-state index is 5.34. The van der Waals surface area contributed by atoms with Crippen LogP contribution in [-0.4, -0.2) is 34.5 Å². The van der Waals surface area contributed by atoms with Crippen LogP contribution in [0.25, 0.3) is 43.8 Å². The van der Waals surface area contributed by atoms with E-state index >= 15 is 0 Å². The molecule has 8 heteroatoms. The minimum absolute atomic E-state index is 0.333. The average molecular weight is 913 g/mol. The van der Waals surface area contributed by atoms with Crippen LogP contribution in [0, 0.1) is 13.8 Å². The van der Waals surface area contributed by atoms with E-state index in [4.69, 9.17) is 17.0 Å². The van der Waals surface area contributed by atoms with Gasteiger partial charge in [-0.3, -0.25) is 0 Å². The molecule has 6 aromatic carbocycles. The van der Waals surface area contributed by atoms with E-state index in [0.717, 1.165) is 9.52 Å². The number of rotatable bonds is 4. The molecule has 0 nitrogen and oxygen atoms in total. The van der Waals surface area contributed by atoms with Gasteiger partial charge in [0.2, 0.25) is 0 Å². The van der Waals surface area contributed by atoms with Crippen molar-refractivity contribution in [2.24, 2.45) is 0 Å². The van der Waals surface area contributed by atoms with E-state index in [2.05, 4.69) is 186 Å². The van der Waals surface area contributed by atoms with E-state index in [1.54, 1.807) is 0 Å². The van der Waals surface area contributed by atoms with Crippen LogP contribution < -0.4 is 0 Å². The zero-order chi connectivity index (χ0) is 34.0. The van der Waals surface area contributed by atoms with Crippen LogP contribution in [0.15, 0.2) is 119 Å². The summed E-state index contributed by atoms with van der Waals surface area (Å²) < 4.78 is 0. The van der Waals surface area contributed by atoms with E-state index in [1.165, 1.54) is 64.7 Å². The maximum atomic E-state index is 5.34. The van der Waals surface area contributed by atoms with Crippen LogP contribution in [0.3, 0.4) is 0 Å². The molecule has 0 heterocycles. The van der Waals surface area contributed by atoms with Gasteiger partial charge in [0.25, 0.3) is 0 Å². The molecule has 6 rings (SSSR count). The first-order chi connectivity index (χ1) is 21.7. The van der Waals surface area contributed by atoms with E-state index < -0.39 is 13.2 Å². The second-order valence-corrected chi connectivity index (χ2v) is 57.6. The van der Waals surface area contributed by atoms with Gasteiger partial charge in [-0.15, -0.1) is 69.1 Å². The summed E-state index contributed by atoms with van der Waals surface area (Å²) in [5.74, 6) is 0. The van der Waals surface area contributed by atoms with Crippen molar-refractivity contribution in [1.29, 1.82) is 0 Å². The Morgan fingerprint density at radius 3 is 1.17 bits per heavy atom. The van der Waals surface area contributed by atoms with Crippen molar-refractivity contribution < 1.29 is 13.2 Å². The number of benzene rings is 4. The van der Waals surface area contributed by atoms with Crippen molar-refractivity contribution in [2.45, 2.75) is 36.7 Å². The first-order valence-electron chi connectivity index (χ1n) is 14.7. The summed E-state index contributed by atoms with van der Waals surface area (Å²) in [7, 11) is 12.4. The van der Waals surface area contributed by atoms with Gasteiger partial charge in [-0.25, -0.2) is 0 Å². The number of aryl methyl sites for hydroxylation is 2. The van der Waals surface area contributed by atoms with Crippen LogP contribution in [-0.2, 0) is 35.0 Å². The second-order valence-electron chi connectivity index (χ2n) is 11.3. The predicted molar refractivity (Wildman–Crippen MR) is 221 cm³/mol. The zero-order valence-electron chi connectivity index (χ0n) is 27.7. The van der Waals surface area contributed by atoms with E-state index in [9.17, 15) is 0 Å². The Hall–Kier alpha value is -0.560. The average Bonchev–Trinajstić information content (AvgIpc) is 3.57. The summed E-state index contributed by atoms with van der Waals surface area (Å²) in [5.41, 5.74) is 7.97. The van der Waals surface area contributed by atoms with Gasteiger partial charge in [-0.05, 0) is 35.4 Å². The summed E-state index contributed by atoms with van der Waals surface area (Å²) in [5, 5.41) is 5.40. The molecule has 0 aliphatic carbocycles. The topological polar surface area (TPSA) is 0 Å². The van der Waals surface area contributed by atoms with Crippen molar-refractivity contribution in [1.82, 2.24) is 0 Å². The molecule has 0 spiro atoms. The van der Waals surface area contributed by atoms with Gasteiger partial charge in [0.05, 0.1) is 0 Å². The third-order valence-corrected chi connectivity index (χ3v) is 9.49. The summed E-state index contributed by atoms with van der Waals surface area (Å²) in [6.07, 6.45) is 9.04. The van der Waals surface area contributed by atoms with Crippen LogP contribution in [0.5, 0.6) is 0 Å². The third kappa shape index (κ3) is 12.4. The number of hydrogen-bond donors (Lipinski definition) is 0. The fourth-order valence-electron chi connectivity index (χ4n) is 5.09. The van der Waals surface area contributed by atoms with Crippen molar-refractivity contribution >= 4 is 94.3 Å². The SMILES string of the molecule is C[Si]C.Cc1cc2c(-c3ccc([S+](C)C)cc3)cccc2[cH-]1.Cc1cc2c(-c3ccc([S+](C)C)cc3)cccc2[cH-]1.[Cl][Zr]([Cl])([Br])[Br]. The molecule has 0 atom stereocenters. The first kappa shape index (κ1) is 39.9. The van der Waals surface area contributed by atoms with Gasteiger partial charge < -0.3 is 0 Å². The first-order valence-corrected chi connectivity index (χ1v) is 38.4. The van der Waals surface area contributed by atoms with Crippen molar-refractivity contribution in [3.63, 3.8) is 0 Å². The summed E-state index contributed by atoms with van der Waals surface area (Å²) in [6, 6.07) is 40.2. The third-order valence-electron chi connectivity index (χ3n) is 7.06. The van der Waals surface area contributed by atoms with Crippen molar-refractivity contribution in [2.75, 3.05) is 25.0 Å². The van der Waals surface area contributed by atoms with E-state index in [0.29, 0.717) is 21.8 Å². The molecule has 0 saturated carbocycles. The van der Waals surface area contributed by atoms with Gasteiger partial charge in [0.15, 0.2) is 9.79 Å². The van der Waals surface area contributed by atoms with Crippen molar-refractivity contribution in [3.05, 3.63) is 120 Å². The molecule has 0 unspecified atom stereocenters. The minimum atomic E-state index is -2.61. The number of hydrogen-bond acceptors (Lipinski definition) is 0. The Kier molecular flexibility index (Phi) is 16.5. The summed E-state index contributed by atoms with van der Waals surface area (Å²) in [4.78, 5) is 2.85. The zero-order valence-corrected chi connectivity index (χ0v) is 37.5. The monoisotopic (exact) mass is 908 g/mol. The summed E-state index contributed by atoms with van der Waals surface area (Å²) in [6.45, 7) is 8.62. The Morgan fingerprint density at radius 2 is 0.891 bits per heavy atom. The molecule has 242 valence electrons. The van der Waals surface area contributed by atoms with E-state index in [-0.39, 0.29) is 0 Å². The molecule has 0 saturated heterocycles. The Morgan fingerprint density at radius 1 is 0.587 bits per heavy atom. The molecule has 0 amide bonds. The van der Waals surface area contributed by atoms with Gasteiger partial charge in [0.1, 0.15) is 25.0 Å². The molecular weight excluding hydrogens is 871 g/mol. The fourth-order valence-corrected chi connectivity index (χ4v) is 6.45. The Labute approximate surface area is 308 Å². The van der Waals surface area contributed by atoms with Gasteiger partial charge in [0, 0.05) is 31.3 Å². The predicted octanol–water partition coefficient (Wildman–Crippen LogP) is 13.4. The standard InChI is InChI=1S/2C18H18S.C2H6Si.2BrH.2ClH.Zr/c2*1-13-11-15-5-4-6-17(18(15)12-13)14-7-9-16(10-8-14)19(2)3;1-3-2;;;;;/h2*4-12H,1-3H3;1-2H3;4*1H;/q;;;;;;;+4/p-4. The molecule has 0 bridgehead atoms. The molecule has 0 aromatic heterocycles. The molecule has 46 heavy (non-hydrogen) atoms. The van der Waals surface area contributed by atoms with Crippen LogP contribution in [0.4, 0.5) is 0 Å². The van der Waals surface area contributed by atoms with Gasteiger partial charge in [-0.1, -0.05) is 74.5 Å². The molecule has 0 fully saturated rings. The number of halogens is 4. The Balaban J connectivity index is 0.000000204. The van der Waals surface area contributed by atoms with Crippen molar-refractivity contribution in [3.8, 4) is 22.3 Å². The molecular formula is C38H42Br2Cl2S2SiZr. The normalized spacial score (nSPS) is 11.1. The molecule has 0 aliphatic rings. The molecule has 2 radical (unpaired) electrons. The quantitative estimate of drug-likeness (QED) is 0.0939. The fraction of sp³-hybridized carbons (Fsp3) is 0.211. The molecule has 0 aliphatic heterocycles. The molecule has 0 N–H and O–H groups in total. The Bertz CT molecular complexity index is 1670. The second kappa shape index (κ2) is 19.0. The van der Waals surface area contributed by atoms with Gasteiger partial charge in [-0.2, -0.15) is 12.1 Å². The number of fused-ring (bicyclic) bond motifs is 2. The van der Waals surface area contributed by atoms with Crippen LogP contribution >= 0.6 is 41.5 Å². The van der Waals surface area contributed by atoms with Crippen LogP contribution in [0.1, 0.15) is 11.1 Å².